The lowest BCUT2D eigenvalue weighted by Crippen LogP contribution is -2.37. The molecule has 29 heavy (non-hydrogen) atoms. The first-order valence-electron chi connectivity index (χ1n) is 9.80. The smallest absolute Gasteiger partial charge is 0.257 e. The SMILES string of the molecule is CCC(CC)[C@@H](C)NS(=O)(=O)c1ccc(NC(=O)c2c(C)cccc2Cl)c(C)c1. The molecule has 0 fully saturated rings. The molecule has 2 N–H and O–H groups in total. The Morgan fingerprint density at radius 2 is 1.72 bits per heavy atom. The van der Waals surface area contributed by atoms with Gasteiger partial charge in [-0.3, -0.25) is 4.79 Å². The third-order valence-corrected chi connectivity index (χ3v) is 7.17. The van der Waals surface area contributed by atoms with Gasteiger partial charge in [-0.25, -0.2) is 13.1 Å². The predicted molar refractivity (Wildman–Crippen MR) is 119 cm³/mol. The molecule has 0 aliphatic heterocycles. The van der Waals surface area contributed by atoms with E-state index in [4.69, 9.17) is 11.6 Å². The molecule has 1 amide bonds. The van der Waals surface area contributed by atoms with Crippen LogP contribution in [0.3, 0.4) is 0 Å². The Morgan fingerprint density at radius 1 is 1.07 bits per heavy atom. The maximum absolute atomic E-state index is 12.8. The van der Waals surface area contributed by atoms with Gasteiger partial charge in [0.2, 0.25) is 10.0 Å². The molecule has 0 radical (unpaired) electrons. The second-order valence-corrected chi connectivity index (χ2v) is 9.47. The average Bonchev–Trinajstić information content (AvgIpc) is 2.63. The quantitative estimate of drug-likeness (QED) is 0.588. The number of benzene rings is 2. The van der Waals surface area contributed by atoms with E-state index in [0.29, 0.717) is 21.8 Å². The van der Waals surface area contributed by atoms with Crippen LogP contribution in [0.2, 0.25) is 5.02 Å². The lowest BCUT2D eigenvalue weighted by atomic mass is 9.96. The maximum atomic E-state index is 12.8. The van der Waals surface area contributed by atoms with Crippen molar-refractivity contribution in [1.82, 2.24) is 4.72 Å². The van der Waals surface area contributed by atoms with E-state index in [1.165, 1.54) is 6.07 Å². The van der Waals surface area contributed by atoms with Gasteiger partial charge in [0.25, 0.3) is 5.91 Å². The molecule has 0 saturated carbocycles. The van der Waals surface area contributed by atoms with Crippen molar-refractivity contribution < 1.29 is 13.2 Å². The maximum Gasteiger partial charge on any atom is 0.257 e. The Balaban J connectivity index is 2.23. The number of hydrogen-bond donors (Lipinski definition) is 2. The minimum Gasteiger partial charge on any atom is -0.322 e. The highest BCUT2D eigenvalue weighted by molar-refractivity contribution is 7.89. The van der Waals surface area contributed by atoms with Gasteiger partial charge in [-0.2, -0.15) is 0 Å². The minimum absolute atomic E-state index is 0.155. The van der Waals surface area contributed by atoms with E-state index < -0.39 is 10.0 Å². The summed E-state index contributed by atoms with van der Waals surface area (Å²) >= 11 is 6.16. The topological polar surface area (TPSA) is 75.3 Å². The number of rotatable bonds is 8. The minimum atomic E-state index is -3.64. The molecule has 2 rings (SSSR count). The molecule has 7 heteroatoms. The van der Waals surface area contributed by atoms with Crippen molar-refractivity contribution in [1.29, 1.82) is 0 Å². The first-order valence-corrected chi connectivity index (χ1v) is 11.7. The van der Waals surface area contributed by atoms with Gasteiger partial charge in [0.15, 0.2) is 0 Å². The third kappa shape index (κ3) is 5.59. The summed E-state index contributed by atoms with van der Waals surface area (Å²) in [5, 5.41) is 3.20. The zero-order chi connectivity index (χ0) is 21.8. The van der Waals surface area contributed by atoms with E-state index in [2.05, 4.69) is 23.9 Å². The third-order valence-electron chi connectivity index (χ3n) is 5.30. The van der Waals surface area contributed by atoms with Crippen molar-refractivity contribution in [2.24, 2.45) is 5.92 Å². The van der Waals surface area contributed by atoms with Crippen LogP contribution in [0, 0.1) is 19.8 Å². The number of hydrogen-bond acceptors (Lipinski definition) is 3. The van der Waals surface area contributed by atoms with E-state index in [9.17, 15) is 13.2 Å². The molecule has 2 aromatic rings. The fraction of sp³-hybridized carbons (Fsp3) is 0.409. The zero-order valence-corrected chi connectivity index (χ0v) is 19.1. The summed E-state index contributed by atoms with van der Waals surface area (Å²) in [7, 11) is -3.64. The number of aryl methyl sites for hydroxylation is 2. The monoisotopic (exact) mass is 436 g/mol. The van der Waals surface area contributed by atoms with Gasteiger partial charge in [0.05, 0.1) is 15.5 Å². The largest absolute Gasteiger partial charge is 0.322 e. The molecule has 158 valence electrons. The Bertz CT molecular complexity index is 965. The molecular formula is C22H29ClN2O3S. The molecular weight excluding hydrogens is 408 g/mol. The number of nitrogens with one attached hydrogen (secondary N) is 2. The molecule has 0 aliphatic rings. The highest BCUT2D eigenvalue weighted by Crippen LogP contribution is 2.24. The van der Waals surface area contributed by atoms with Crippen molar-refractivity contribution in [2.45, 2.75) is 58.4 Å². The van der Waals surface area contributed by atoms with Crippen LogP contribution < -0.4 is 10.0 Å². The molecule has 0 unspecified atom stereocenters. The molecule has 0 heterocycles. The van der Waals surface area contributed by atoms with Crippen molar-refractivity contribution in [3.63, 3.8) is 0 Å². The molecule has 5 nitrogen and oxygen atoms in total. The van der Waals surface area contributed by atoms with Gasteiger partial charge in [-0.1, -0.05) is 50.4 Å². The highest BCUT2D eigenvalue weighted by atomic mass is 35.5. The van der Waals surface area contributed by atoms with Gasteiger partial charge in [0, 0.05) is 11.7 Å². The lowest BCUT2D eigenvalue weighted by molar-refractivity contribution is 0.102. The number of carbonyl (C=O) groups excluding carboxylic acids is 1. The number of carbonyl (C=O) groups is 1. The molecule has 0 spiro atoms. The van der Waals surface area contributed by atoms with E-state index in [1.54, 1.807) is 31.2 Å². The van der Waals surface area contributed by atoms with E-state index in [1.807, 2.05) is 19.9 Å². The van der Waals surface area contributed by atoms with Crippen molar-refractivity contribution in [3.05, 3.63) is 58.1 Å². The van der Waals surface area contributed by atoms with Crippen LogP contribution in [0.1, 0.15) is 55.1 Å². The molecule has 1 atom stereocenters. The Morgan fingerprint density at radius 3 is 2.28 bits per heavy atom. The van der Waals surface area contributed by atoms with Gasteiger partial charge in [0.1, 0.15) is 0 Å². The summed E-state index contributed by atoms with van der Waals surface area (Å²) in [5.41, 5.74) is 2.37. The van der Waals surface area contributed by atoms with Crippen molar-refractivity contribution in [2.75, 3.05) is 5.32 Å². The highest BCUT2D eigenvalue weighted by Gasteiger charge is 2.23. The van der Waals surface area contributed by atoms with Crippen LogP contribution in [0.25, 0.3) is 0 Å². The van der Waals surface area contributed by atoms with Crippen LogP contribution in [-0.2, 0) is 10.0 Å². The zero-order valence-electron chi connectivity index (χ0n) is 17.5. The van der Waals surface area contributed by atoms with E-state index in [0.717, 1.165) is 18.4 Å². The first-order chi connectivity index (χ1) is 13.6. The summed E-state index contributed by atoms with van der Waals surface area (Å²) in [6.45, 7) is 9.58. The normalized spacial score (nSPS) is 12.8. The molecule has 0 bridgehead atoms. The molecule has 0 saturated heterocycles. The number of amides is 1. The van der Waals surface area contributed by atoms with Crippen LogP contribution in [0.5, 0.6) is 0 Å². The Hall–Kier alpha value is -1.89. The van der Waals surface area contributed by atoms with Gasteiger partial charge in [-0.15, -0.1) is 0 Å². The van der Waals surface area contributed by atoms with E-state index in [-0.39, 0.29) is 22.8 Å². The van der Waals surface area contributed by atoms with Crippen molar-refractivity contribution >= 4 is 33.2 Å². The standard InChI is InChI=1S/C22H29ClN2O3S/c1-6-17(7-2)16(5)25-29(27,28)18-11-12-20(15(4)13-18)24-22(26)21-14(3)9-8-10-19(21)23/h8-13,16-17,25H,6-7H2,1-5H3,(H,24,26)/t16-/m1/s1. The molecule has 0 aliphatic carbocycles. The fourth-order valence-corrected chi connectivity index (χ4v) is 5.16. The summed E-state index contributed by atoms with van der Waals surface area (Å²) in [5.74, 6) is -0.0458. The Kier molecular flexibility index (Phi) is 7.86. The van der Waals surface area contributed by atoms with Gasteiger partial charge in [-0.05, 0) is 62.1 Å². The number of anilines is 1. The summed E-state index contributed by atoms with van der Waals surface area (Å²) < 4.78 is 28.3. The van der Waals surface area contributed by atoms with Gasteiger partial charge >= 0.3 is 0 Å². The Labute approximate surface area is 178 Å². The second kappa shape index (κ2) is 9.74. The van der Waals surface area contributed by atoms with Crippen LogP contribution in [0.4, 0.5) is 5.69 Å². The molecule has 0 aromatic heterocycles. The van der Waals surface area contributed by atoms with Crippen molar-refractivity contribution in [3.8, 4) is 0 Å². The summed E-state index contributed by atoms with van der Waals surface area (Å²) in [6.07, 6.45) is 1.82. The second-order valence-electron chi connectivity index (χ2n) is 7.35. The van der Waals surface area contributed by atoms with Crippen LogP contribution in [0.15, 0.2) is 41.3 Å². The van der Waals surface area contributed by atoms with Gasteiger partial charge < -0.3 is 5.32 Å². The first kappa shape index (κ1) is 23.4. The van der Waals surface area contributed by atoms with Crippen LogP contribution in [-0.4, -0.2) is 20.4 Å². The van der Waals surface area contributed by atoms with E-state index >= 15 is 0 Å². The summed E-state index contributed by atoms with van der Waals surface area (Å²) in [6, 6.07) is 9.79. The summed E-state index contributed by atoms with van der Waals surface area (Å²) in [4.78, 5) is 12.8. The molecule has 2 aromatic carbocycles. The number of sulfonamides is 1. The lowest BCUT2D eigenvalue weighted by Gasteiger charge is -2.22. The fourth-order valence-electron chi connectivity index (χ4n) is 3.45. The average molecular weight is 437 g/mol. The number of halogens is 1. The van der Waals surface area contributed by atoms with Crippen LogP contribution >= 0.6 is 11.6 Å². The predicted octanol–water partition coefficient (Wildman–Crippen LogP) is 5.31.